The van der Waals surface area contributed by atoms with Crippen LogP contribution < -0.4 is 15.2 Å². The van der Waals surface area contributed by atoms with Crippen molar-refractivity contribution in [3.05, 3.63) is 59.7 Å². The van der Waals surface area contributed by atoms with Gasteiger partial charge in [-0.1, -0.05) is 30.3 Å². The number of hydrogen-bond acceptors (Lipinski definition) is 4. The zero-order chi connectivity index (χ0) is 17.4. The Morgan fingerprint density at radius 2 is 1.83 bits per heavy atom. The van der Waals surface area contributed by atoms with Crippen LogP contribution in [0.4, 0.5) is 4.79 Å². The summed E-state index contributed by atoms with van der Waals surface area (Å²) < 4.78 is 10.4. The molecule has 0 saturated heterocycles. The first-order valence-corrected chi connectivity index (χ1v) is 7.51. The third-order valence-electron chi connectivity index (χ3n) is 3.46. The van der Waals surface area contributed by atoms with E-state index in [2.05, 4.69) is 5.10 Å². The maximum atomic E-state index is 11.6. The average molecular weight is 327 g/mol. The second-order valence-electron chi connectivity index (χ2n) is 5.06. The number of primary amides is 1. The van der Waals surface area contributed by atoms with Crippen LogP contribution >= 0.6 is 0 Å². The number of amides is 2. The molecule has 0 aliphatic rings. The molecular formula is C18H21N3O3. The van der Waals surface area contributed by atoms with Crippen molar-refractivity contribution in [2.75, 3.05) is 20.8 Å². The molecule has 0 spiro atoms. The van der Waals surface area contributed by atoms with E-state index in [1.807, 2.05) is 36.4 Å². The molecule has 0 bridgehead atoms. The first-order valence-electron chi connectivity index (χ1n) is 7.51. The molecule has 0 aromatic heterocycles. The van der Waals surface area contributed by atoms with Crippen molar-refractivity contribution in [2.24, 2.45) is 10.8 Å². The third-order valence-corrected chi connectivity index (χ3v) is 3.46. The van der Waals surface area contributed by atoms with Crippen molar-refractivity contribution in [3.63, 3.8) is 0 Å². The normalized spacial score (nSPS) is 10.6. The van der Waals surface area contributed by atoms with Gasteiger partial charge >= 0.3 is 6.03 Å². The van der Waals surface area contributed by atoms with Crippen LogP contribution in [0.1, 0.15) is 11.1 Å². The molecule has 0 heterocycles. The van der Waals surface area contributed by atoms with Crippen molar-refractivity contribution in [3.8, 4) is 11.5 Å². The molecular weight excluding hydrogens is 306 g/mol. The van der Waals surface area contributed by atoms with Gasteiger partial charge in [0.15, 0.2) is 11.5 Å². The number of rotatable bonds is 7. The topological polar surface area (TPSA) is 77.1 Å². The van der Waals surface area contributed by atoms with Crippen molar-refractivity contribution in [2.45, 2.75) is 6.42 Å². The van der Waals surface area contributed by atoms with Gasteiger partial charge in [-0.2, -0.15) is 5.10 Å². The van der Waals surface area contributed by atoms with E-state index in [9.17, 15) is 4.79 Å². The summed E-state index contributed by atoms with van der Waals surface area (Å²) in [6.07, 6.45) is 2.24. The summed E-state index contributed by atoms with van der Waals surface area (Å²) >= 11 is 0. The molecule has 2 aromatic rings. The lowest BCUT2D eigenvalue weighted by Crippen LogP contribution is -2.33. The van der Waals surface area contributed by atoms with E-state index in [-0.39, 0.29) is 0 Å². The number of nitrogens with zero attached hydrogens (tertiary/aromatic N) is 2. The molecule has 6 heteroatoms. The minimum absolute atomic E-state index is 0.406. The maximum Gasteiger partial charge on any atom is 0.335 e. The number of carbonyl (C=O) groups excluding carboxylic acids is 1. The summed E-state index contributed by atoms with van der Waals surface area (Å²) in [7, 11) is 3.14. The van der Waals surface area contributed by atoms with Gasteiger partial charge in [0.25, 0.3) is 0 Å². The Morgan fingerprint density at radius 3 is 2.46 bits per heavy atom. The van der Waals surface area contributed by atoms with Crippen molar-refractivity contribution < 1.29 is 14.3 Å². The highest BCUT2D eigenvalue weighted by atomic mass is 16.5. The zero-order valence-corrected chi connectivity index (χ0v) is 13.8. The number of benzene rings is 2. The number of hydrogen-bond donors (Lipinski definition) is 1. The molecule has 0 unspecified atom stereocenters. The molecule has 0 atom stereocenters. The lowest BCUT2D eigenvalue weighted by Gasteiger charge is -2.14. The predicted molar refractivity (Wildman–Crippen MR) is 93.6 cm³/mol. The molecule has 126 valence electrons. The lowest BCUT2D eigenvalue weighted by molar-refractivity contribution is 0.211. The Bertz CT molecular complexity index is 702. The van der Waals surface area contributed by atoms with Gasteiger partial charge in [0, 0.05) is 0 Å². The second kappa shape index (κ2) is 8.57. The molecule has 24 heavy (non-hydrogen) atoms. The van der Waals surface area contributed by atoms with Crippen LogP contribution in [-0.4, -0.2) is 38.0 Å². The Kier molecular flexibility index (Phi) is 6.19. The lowest BCUT2D eigenvalue weighted by atomic mass is 10.1. The third kappa shape index (κ3) is 4.74. The van der Waals surface area contributed by atoms with Crippen LogP contribution in [-0.2, 0) is 6.42 Å². The van der Waals surface area contributed by atoms with E-state index in [0.717, 1.165) is 11.1 Å². The molecule has 0 aliphatic heterocycles. The molecule has 6 nitrogen and oxygen atoms in total. The summed E-state index contributed by atoms with van der Waals surface area (Å²) in [5, 5.41) is 5.42. The SMILES string of the molecule is COc1ccc(/C=N/N(CCc2ccccc2)C(N)=O)cc1OC. The largest absolute Gasteiger partial charge is 0.493 e. The van der Waals surface area contributed by atoms with Gasteiger partial charge in [-0.25, -0.2) is 9.80 Å². The second-order valence-corrected chi connectivity index (χ2v) is 5.06. The Labute approximate surface area is 141 Å². The standard InChI is InChI=1S/C18H21N3O3/c1-23-16-9-8-15(12-17(16)24-2)13-20-21(18(19)22)11-10-14-6-4-3-5-7-14/h3-9,12-13H,10-11H2,1-2H3,(H2,19,22)/b20-13+. The van der Waals surface area contributed by atoms with Gasteiger partial charge in [0.2, 0.25) is 0 Å². The van der Waals surface area contributed by atoms with E-state index >= 15 is 0 Å². The number of urea groups is 1. The Morgan fingerprint density at radius 1 is 1.12 bits per heavy atom. The number of nitrogens with two attached hydrogens (primary N) is 1. The van der Waals surface area contributed by atoms with Gasteiger partial charge in [0.1, 0.15) is 0 Å². The highest BCUT2D eigenvalue weighted by Crippen LogP contribution is 2.26. The van der Waals surface area contributed by atoms with E-state index in [1.54, 1.807) is 32.6 Å². The maximum absolute atomic E-state index is 11.6. The van der Waals surface area contributed by atoms with Crippen LogP contribution in [0.15, 0.2) is 53.6 Å². The van der Waals surface area contributed by atoms with E-state index in [1.165, 1.54) is 5.01 Å². The summed E-state index contributed by atoms with van der Waals surface area (Å²) in [5.41, 5.74) is 7.29. The number of hydrazone groups is 1. The average Bonchev–Trinajstić information content (AvgIpc) is 2.62. The van der Waals surface area contributed by atoms with Gasteiger partial charge in [-0.3, -0.25) is 0 Å². The molecule has 2 amide bonds. The van der Waals surface area contributed by atoms with Crippen molar-refractivity contribution >= 4 is 12.2 Å². The van der Waals surface area contributed by atoms with Gasteiger partial charge < -0.3 is 15.2 Å². The van der Waals surface area contributed by atoms with E-state index < -0.39 is 6.03 Å². The summed E-state index contributed by atoms with van der Waals surface area (Å²) in [5.74, 6) is 1.22. The van der Waals surface area contributed by atoms with Crippen LogP contribution in [0.2, 0.25) is 0 Å². The van der Waals surface area contributed by atoms with E-state index in [0.29, 0.717) is 24.5 Å². The van der Waals surface area contributed by atoms with Crippen molar-refractivity contribution in [1.29, 1.82) is 0 Å². The molecule has 2 N–H and O–H groups in total. The van der Waals surface area contributed by atoms with Gasteiger partial charge in [0.05, 0.1) is 27.0 Å². The van der Waals surface area contributed by atoms with Crippen molar-refractivity contribution in [1.82, 2.24) is 5.01 Å². The molecule has 2 aromatic carbocycles. The smallest absolute Gasteiger partial charge is 0.335 e. The minimum Gasteiger partial charge on any atom is -0.493 e. The predicted octanol–water partition coefficient (Wildman–Crippen LogP) is 2.66. The number of methoxy groups -OCH3 is 2. The monoisotopic (exact) mass is 327 g/mol. The zero-order valence-electron chi connectivity index (χ0n) is 13.8. The van der Waals surface area contributed by atoms with Crippen LogP contribution in [0, 0.1) is 0 Å². The quantitative estimate of drug-likeness (QED) is 0.627. The minimum atomic E-state index is -0.595. The van der Waals surface area contributed by atoms with Gasteiger partial charge in [-0.05, 0) is 35.7 Å². The Hall–Kier alpha value is -3.02. The van der Waals surface area contributed by atoms with Crippen LogP contribution in [0.25, 0.3) is 0 Å². The molecule has 2 rings (SSSR count). The molecule has 0 aliphatic carbocycles. The Balaban J connectivity index is 2.07. The fourth-order valence-corrected chi connectivity index (χ4v) is 2.17. The summed E-state index contributed by atoms with van der Waals surface area (Å²) in [6.45, 7) is 0.406. The fraction of sp³-hybridized carbons (Fsp3) is 0.222. The van der Waals surface area contributed by atoms with E-state index in [4.69, 9.17) is 15.2 Å². The first kappa shape index (κ1) is 17.3. The molecule has 0 radical (unpaired) electrons. The summed E-state index contributed by atoms with van der Waals surface area (Å²) in [6, 6.07) is 14.6. The fourth-order valence-electron chi connectivity index (χ4n) is 2.17. The summed E-state index contributed by atoms with van der Waals surface area (Å²) in [4.78, 5) is 11.6. The van der Waals surface area contributed by atoms with Gasteiger partial charge in [-0.15, -0.1) is 0 Å². The molecule has 0 fully saturated rings. The highest BCUT2D eigenvalue weighted by molar-refractivity contribution is 5.82. The van der Waals surface area contributed by atoms with Crippen LogP contribution in [0.3, 0.4) is 0 Å². The molecule has 0 saturated carbocycles. The number of ether oxygens (including phenoxy) is 2. The first-order chi connectivity index (χ1) is 11.6. The number of carbonyl (C=O) groups is 1. The van der Waals surface area contributed by atoms with Crippen LogP contribution in [0.5, 0.6) is 11.5 Å². The highest BCUT2D eigenvalue weighted by Gasteiger charge is 2.08.